The van der Waals surface area contributed by atoms with E-state index in [-0.39, 0.29) is 16.7 Å². The number of hydrogen-bond donors (Lipinski definition) is 4. The largest absolute Gasteiger partial charge is 0.480 e. The van der Waals surface area contributed by atoms with Crippen LogP contribution in [0.3, 0.4) is 0 Å². The SMILES string of the molecule is CC(=O)Nc1nc(C(=O)NC(CC(N)=O)C(=O)O)cs1. The highest BCUT2D eigenvalue weighted by Crippen LogP contribution is 2.15. The van der Waals surface area contributed by atoms with E-state index in [2.05, 4.69) is 15.6 Å². The molecule has 0 saturated heterocycles. The molecule has 0 aromatic carbocycles. The predicted molar refractivity (Wildman–Crippen MR) is 69.1 cm³/mol. The zero-order chi connectivity index (χ0) is 15.3. The maximum absolute atomic E-state index is 11.7. The Bertz CT molecular complexity index is 556. The quantitative estimate of drug-likeness (QED) is 0.537. The van der Waals surface area contributed by atoms with E-state index in [1.165, 1.54) is 12.3 Å². The number of hydrogen-bond acceptors (Lipinski definition) is 6. The lowest BCUT2D eigenvalue weighted by molar-refractivity contribution is -0.140. The van der Waals surface area contributed by atoms with E-state index in [0.29, 0.717) is 0 Å². The normalized spacial score (nSPS) is 11.4. The maximum atomic E-state index is 11.7. The van der Waals surface area contributed by atoms with Gasteiger partial charge in [-0.3, -0.25) is 14.4 Å². The predicted octanol–water partition coefficient (Wildman–Crippen LogP) is -0.840. The van der Waals surface area contributed by atoms with Crippen LogP contribution in [0.25, 0.3) is 0 Å². The van der Waals surface area contributed by atoms with Gasteiger partial charge < -0.3 is 21.5 Å². The van der Waals surface area contributed by atoms with E-state index in [4.69, 9.17) is 10.8 Å². The average Bonchev–Trinajstić information content (AvgIpc) is 2.74. The number of aliphatic carboxylic acids is 1. The van der Waals surface area contributed by atoms with Crippen LogP contribution in [-0.4, -0.2) is 39.8 Å². The molecule has 20 heavy (non-hydrogen) atoms. The van der Waals surface area contributed by atoms with E-state index in [9.17, 15) is 19.2 Å². The van der Waals surface area contributed by atoms with Gasteiger partial charge in [-0.05, 0) is 0 Å². The van der Waals surface area contributed by atoms with E-state index in [0.717, 1.165) is 11.3 Å². The van der Waals surface area contributed by atoms with Crippen molar-refractivity contribution >= 4 is 40.2 Å². The highest BCUT2D eigenvalue weighted by molar-refractivity contribution is 7.14. The topological polar surface area (TPSA) is 151 Å². The van der Waals surface area contributed by atoms with Gasteiger partial charge in [0.15, 0.2) is 5.13 Å². The van der Waals surface area contributed by atoms with Gasteiger partial charge in [-0.15, -0.1) is 11.3 Å². The molecule has 0 aliphatic carbocycles. The summed E-state index contributed by atoms with van der Waals surface area (Å²) in [5.41, 5.74) is 4.83. The lowest BCUT2D eigenvalue weighted by Crippen LogP contribution is -2.43. The van der Waals surface area contributed by atoms with Crippen molar-refractivity contribution in [3.05, 3.63) is 11.1 Å². The minimum Gasteiger partial charge on any atom is -0.480 e. The lowest BCUT2D eigenvalue weighted by atomic mass is 10.2. The van der Waals surface area contributed by atoms with Gasteiger partial charge >= 0.3 is 5.97 Å². The van der Waals surface area contributed by atoms with Crippen molar-refractivity contribution in [2.24, 2.45) is 5.73 Å². The van der Waals surface area contributed by atoms with Gasteiger partial charge in [0.1, 0.15) is 11.7 Å². The standard InChI is InChI=1S/C10H12N4O5S/c1-4(15)12-10-14-6(3-20-10)8(17)13-5(9(18)19)2-7(11)16/h3,5H,2H2,1H3,(H2,11,16)(H,13,17)(H,18,19)(H,12,14,15). The molecule has 0 aliphatic heterocycles. The molecule has 10 heteroatoms. The highest BCUT2D eigenvalue weighted by atomic mass is 32.1. The Morgan fingerprint density at radius 2 is 2.10 bits per heavy atom. The first kappa shape index (κ1) is 15.6. The second-order valence-electron chi connectivity index (χ2n) is 3.75. The van der Waals surface area contributed by atoms with Gasteiger partial charge in [-0.25, -0.2) is 9.78 Å². The Balaban J connectivity index is 2.73. The molecule has 5 N–H and O–H groups in total. The molecule has 0 aliphatic rings. The van der Waals surface area contributed by atoms with Gasteiger partial charge in [-0.2, -0.15) is 0 Å². The van der Waals surface area contributed by atoms with Gasteiger partial charge in [-0.1, -0.05) is 0 Å². The summed E-state index contributed by atoms with van der Waals surface area (Å²) in [6.07, 6.45) is -0.524. The number of rotatable bonds is 6. The van der Waals surface area contributed by atoms with Crippen molar-refractivity contribution in [1.82, 2.24) is 10.3 Å². The molecule has 1 aromatic heterocycles. The van der Waals surface area contributed by atoms with E-state index in [1.807, 2.05) is 0 Å². The van der Waals surface area contributed by atoms with Gasteiger partial charge in [0, 0.05) is 12.3 Å². The molecule has 1 aromatic rings. The van der Waals surface area contributed by atoms with Crippen molar-refractivity contribution in [1.29, 1.82) is 0 Å². The zero-order valence-corrected chi connectivity index (χ0v) is 11.2. The van der Waals surface area contributed by atoms with Crippen molar-refractivity contribution in [3.63, 3.8) is 0 Å². The zero-order valence-electron chi connectivity index (χ0n) is 10.4. The van der Waals surface area contributed by atoms with Gasteiger partial charge in [0.2, 0.25) is 11.8 Å². The minimum absolute atomic E-state index is 0.0607. The lowest BCUT2D eigenvalue weighted by Gasteiger charge is -2.11. The van der Waals surface area contributed by atoms with Crippen LogP contribution in [0.4, 0.5) is 5.13 Å². The van der Waals surface area contributed by atoms with Crippen LogP contribution in [-0.2, 0) is 14.4 Å². The molecule has 0 saturated carbocycles. The number of amides is 3. The van der Waals surface area contributed by atoms with Gasteiger partial charge in [0.05, 0.1) is 6.42 Å². The van der Waals surface area contributed by atoms with Crippen LogP contribution in [0, 0.1) is 0 Å². The van der Waals surface area contributed by atoms with Crippen molar-refractivity contribution in [2.75, 3.05) is 5.32 Å². The summed E-state index contributed by atoms with van der Waals surface area (Å²) in [6, 6.07) is -1.43. The molecule has 3 amide bonds. The smallest absolute Gasteiger partial charge is 0.326 e. The fourth-order valence-corrected chi connectivity index (χ4v) is 1.96. The number of nitrogens with one attached hydrogen (secondary N) is 2. The molecular formula is C10H12N4O5S. The average molecular weight is 300 g/mol. The molecule has 108 valence electrons. The fourth-order valence-electron chi connectivity index (χ4n) is 1.22. The second-order valence-corrected chi connectivity index (χ2v) is 4.61. The number of carboxylic acids is 1. The molecule has 9 nitrogen and oxygen atoms in total. The molecule has 1 atom stereocenters. The molecule has 0 radical (unpaired) electrons. The summed E-state index contributed by atoms with van der Waals surface area (Å²) in [6.45, 7) is 1.29. The van der Waals surface area contributed by atoms with Crippen molar-refractivity contribution in [3.8, 4) is 0 Å². The Morgan fingerprint density at radius 1 is 1.45 bits per heavy atom. The van der Waals surface area contributed by atoms with E-state index in [1.54, 1.807) is 0 Å². The molecular weight excluding hydrogens is 288 g/mol. The van der Waals surface area contributed by atoms with Gasteiger partial charge in [0.25, 0.3) is 5.91 Å². The summed E-state index contributed by atoms with van der Waals surface area (Å²) < 4.78 is 0. The molecule has 0 spiro atoms. The Hall–Kier alpha value is -2.49. The number of carbonyl (C=O) groups is 4. The second kappa shape index (κ2) is 6.61. The highest BCUT2D eigenvalue weighted by Gasteiger charge is 2.23. The van der Waals surface area contributed by atoms with Crippen molar-refractivity contribution in [2.45, 2.75) is 19.4 Å². The molecule has 1 heterocycles. The van der Waals surface area contributed by atoms with E-state index < -0.39 is 30.2 Å². The minimum atomic E-state index is -1.43. The van der Waals surface area contributed by atoms with Crippen LogP contribution >= 0.6 is 11.3 Å². The summed E-state index contributed by atoms with van der Waals surface area (Å²) in [5, 5.41) is 14.9. The summed E-state index contributed by atoms with van der Waals surface area (Å²) >= 11 is 1.01. The third kappa shape index (κ3) is 4.65. The number of nitrogens with two attached hydrogens (primary N) is 1. The number of thiazole rings is 1. The Labute approximate surface area is 117 Å². The molecule has 0 bridgehead atoms. The first-order chi connectivity index (χ1) is 9.29. The number of anilines is 1. The number of aromatic nitrogens is 1. The third-order valence-corrected chi connectivity index (χ3v) is 2.79. The van der Waals surface area contributed by atoms with Crippen LogP contribution in [0.5, 0.6) is 0 Å². The summed E-state index contributed by atoms with van der Waals surface area (Å²) in [5.74, 6) is -3.35. The number of nitrogens with zero attached hydrogens (tertiary/aromatic N) is 1. The van der Waals surface area contributed by atoms with E-state index >= 15 is 0 Å². The van der Waals surface area contributed by atoms with Crippen LogP contribution in [0.15, 0.2) is 5.38 Å². The number of carboxylic acid groups (broad SMARTS) is 1. The maximum Gasteiger partial charge on any atom is 0.326 e. The van der Waals surface area contributed by atoms with Crippen molar-refractivity contribution < 1.29 is 24.3 Å². The van der Waals surface area contributed by atoms with Crippen LogP contribution in [0.1, 0.15) is 23.8 Å². The fraction of sp³-hybridized carbons (Fsp3) is 0.300. The number of carbonyl (C=O) groups excluding carboxylic acids is 3. The summed E-state index contributed by atoms with van der Waals surface area (Å²) in [7, 11) is 0. The molecule has 1 unspecified atom stereocenters. The first-order valence-electron chi connectivity index (χ1n) is 5.34. The third-order valence-electron chi connectivity index (χ3n) is 2.03. The number of primary amides is 1. The Morgan fingerprint density at radius 3 is 2.60 bits per heavy atom. The monoisotopic (exact) mass is 300 g/mol. The summed E-state index contributed by atoms with van der Waals surface area (Å²) in [4.78, 5) is 47.9. The first-order valence-corrected chi connectivity index (χ1v) is 6.22. The van der Waals surface area contributed by atoms with Crippen LogP contribution in [0.2, 0.25) is 0 Å². The Kier molecular flexibility index (Phi) is 5.15. The molecule has 0 fully saturated rings. The van der Waals surface area contributed by atoms with Crippen LogP contribution < -0.4 is 16.4 Å². The molecule has 1 rings (SSSR count).